The Morgan fingerprint density at radius 2 is 1.90 bits per heavy atom. The molecule has 156 valence electrons. The molecule has 1 atom stereocenters. The first-order valence-electron chi connectivity index (χ1n) is 10.4. The van der Waals surface area contributed by atoms with Crippen molar-refractivity contribution in [3.8, 4) is 11.5 Å². The van der Waals surface area contributed by atoms with Crippen LogP contribution in [0.1, 0.15) is 36.0 Å². The summed E-state index contributed by atoms with van der Waals surface area (Å²) in [6, 6.07) is 12.5. The molecule has 2 heterocycles. The summed E-state index contributed by atoms with van der Waals surface area (Å²) >= 11 is 0. The van der Waals surface area contributed by atoms with E-state index in [1.54, 1.807) is 6.26 Å². The Hall–Kier alpha value is -2.98. The highest BCUT2D eigenvalue weighted by atomic mass is 16.5. The van der Waals surface area contributed by atoms with Crippen molar-refractivity contribution >= 4 is 16.5 Å². The van der Waals surface area contributed by atoms with E-state index in [0.717, 1.165) is 39.8 Å². The number of hydrogen-bond acceptors (Lipinski definition) is 4. The van der Waals surface area contributed by atoms with Gasteiger partial charge in [-0.2, -0.15) is 0 Å². The molecule has 0 saturated carbocycles. The summed E-state index contributed by atoms with van der Waals surface area (Å²) < 4.78 is 18.5. The van der Waals surface area contributed by atoms with Gasteiger partial charge >= 0.3 is 0 Å². The molecule has 0 bridgehead atoms. The van der Waals surface area contributed by atoms with Crippen LogP contribution in [0.4, 0.5) is 0 Å². The molecule has 4 nitrogen and oxygen atoms in total. The Morgan fingerprint density at radius 1 is 1.13 bits per heavy atom. The number of fused-ring (bicyclic) bond motifs is 2. The van der Waals surface area contributed by atoms with E-state index < -0.39 is 0 Å². The molecule has 0 amide bonds. The minimum absolute atomic E-state index is 0.402. The van der Waals surface area contributed by atoms with Crippen molar-refractivity contribution in [3.63, 3.8) is 0 Å². The van der Waals surface area contributed by atoms with E-state index in [9.17, 15) is 0 Å². The summed E-state index contributed by atoms with van der Waals surface area (Å²) in [7, 11) is 4.04. The van der Waals surface area contributed by atoms with Crippen molar-refractivity contribution in [2.75, 3.05) is 27.2 Å². The van der Waals surface area contributed by atoms with Gasteiger partial charge in [0.1, 0.15) is 5.76 Å². The second-order valence-corrected chi connectivity index (χ2v) is 8.25. The van der Waals surface area contributed by atoms with Gasteiger partial charge in [-0.15, -0.1) is 0 Å². The monoisotopic (exact) mass is 403 g/mol. The normalized spacial score (nSPS) is 14.4. The topological polar surface area (TPSA) is 34.8 Å². The van der Waals surface area contributed by atoms with Gasteiger partial charge in [0, 0.05) is 10.9 Å². The van der Waals surface area contributed by atoms with Crippen LogP contribution in [0.5, 0.6) is 11.5 Å². The van der Waals surface area contributed by atoms with Gasteiger partial charge in [-0.1, -0.05) is 43.8 Å². The highest BCUT2D eigenvalue weighted by Gasteiger charge is 2.27. The van der Waals surface area contributed by atoms with E-state index in [-0.39, 0.29) is 0 Å². The molecule has 30 heavy (non-hydrogen) atoms. The van der Waals surface area contributed by atoms with Crippen molar-refractivity contribution in [3.05, 3.63) is 77.8 Å². The third-order valence-electron chi connectivity index (χ3n) is 5.61. The quantitative estimate of drug-likeness (QED) is 0.473. The molecule has 1 aliphatic rings. The van der Waals surface area contributed by atoms with Gasteiger partial charge in [-0.3, -0.25) is 0 Å². The maximum Gasteiger partial charge on any atom is 0.206 e. The molecule has 2 aromatic carbocycles. The lowest BCUT2D eigenvalue weighted by Crippen LogP contribution is -2.20. The number of allylic oxidation sites excluding steroid dienone is 2. The number of likely N-dealkylation sites (N-methyl/N-ethyl adjacent to an activating group) is 1. The van der Waals surface area contributed by atoms with Gasteiger partial charge in [0.15, 0.2) is 11.3 Å². The Labute approximate surface area is 178 Å². The van der Waals surface area contributed by atoms with E-state index in [0.29, 0.717) is 30.6 Å². The Kier molecular flexibility index (Phi) is 5.69. The number of rotatable bonds is 7. The molecular weight excluding hydrogens is 374 g/mol. The first-order chi connectivity index (χ1) is 14.5. The molecule has 0 aliphatic carbocycles. The van der Waals surface area contributed by atoms with Crippen molar-refractivity contribution < 1.29 is 13.9 Å². The van der Waals surface area contributed by atoms with Crippen LogP contribution < -0.4 is 9.47 Å². The van der Waals surface area contributed by atoms with Gasteiger partial charge in [-0.25, -0.2) is 0 Å². The third kappa shape index (κ3) is 3.88. The van der Waals surface area contributed by atoms with Crippen molar-refractivity contribution in [1.29, 1.82) is 0 Å². The number of furan rings is 1. The van der Waals surface area contributed by atoms with Crippen LogP contribution in [0.15, 0.2) is 65.5 Å². The molecule has 0 spiro atoms. The molecule has 0 saturated heterocycles. The number of nitrogens with zero attached hydrogens (tertiary/aromatic N) is 1. The lowest BCUT2D eigenvalue weighted by Gasteiger charge is -2.26. The van der Waals surface area contributed by atoms with Crippen LogP contribution in [0.3, 0.4) is 0 Å². The van der Waals surface area contributed by atoms with Gasteiger partial charge < -0.3 is 18.8 Å². The molecular formula is C26H29NO3. The second kappa shape index (κ2) is 8.41. The van der Waals surface area contributed by atoms with Crippen LogP contribution in [-0.4, -0.2) is 32.1 Å². The Balaban J connectivity index is 1.64. The highest BCUT2D eigenvalue weighted by Crippen LogP contribution is 2.48. The highest BCUT2D eigenvalue weighted by molar-refractivity contribution is 5.97. The maximum absolute atomic E-state index is 6.32. The molecule has 0 N–H and O–H groups in total. The number of aryl methyl sites for hydroxylation is 1. The first-order valence-corrected chi connectivity index (χ1v) is 10.4. The maximum atomic E-state index is 6.32. The van der Waals surface area contributed by atoms with E-state index in [1.807, 2.05) is 32.3 Å². The predicted octanol–water partition coefficient (Wildman–Crippen LogP) is 6.16. The molecule has 1 aliphatic heterocycles. The third-order valence-corrected chi connectivity index (χ3v) is 5.61. The number of benzene rings is 2. The summed E-state index contributed by atoms with van der Waals surface area (Å²) in [4.78, 5) is 2.07. The minimum atomic E-state index is 0.402. The van der Waals surface area contributed by atoms with Crippen molar-refractivity contribution in [1.82, 2.24) is 4.90 Å². The summed E-state index contributed by atoms with van der Waals surface area (Å²) in [5.74, 6) is 2.64. The number of ether oxygens (including phenoxy) is 2. The summed E-state index contributed by atoms with van der Waals surface area (Å²) in [5.41, 5.74) is 5.09. The molecule has 0 fully saturated rings. The van der Waals surface area contributed by atoms with Crippen molar-refractivity contribution in [2.24, 2.45) is 0 Å². The lowest BCUT2D eigenvalue weighted by molar-refractivity contribution is 0.273. The van der Waals surface area contributed by atoms with E-state index in [4.69, 9.17) is 13.9 Å². The molecule has 4 rings (SSSR count). The number of hydrogen-bond donors (Lipinski definition) is 0. The zero-order valence-corrected chi connectivity index (χ0v) is 18.2. The minimum Gasteiger partial charge on any atom is -0.486 e. The lowest BCUT2D eigenvalue weighted by atomic mass is 9.94. The fourth-order valence-electron chi connectivity index (χ4n) is 4.02. The van der Waals surface area contributed by atoms with E-state index in [2.05, 4.69) is 49.6 Å². The molecule has 0 unspecified atom stereocenters. The van der Waals surface area contributed by atoms with E-state index in [1.165, 1.54) is 5.56 Å². The van der Waals surface area contributed by atoms with Crippen LogP contribution in [0.2, 0.25) is 0 Å². The van der Waals surface area contributed by atoms with Crippen LogP contribution in [0.25, 0.3) is 16.5 Å². The van der Waals surface area contributed by atoms with E-state index >= 15 is 0 Å². The fraction of sp³-hybridized carbons (Fsp3) is 0.308. The zero-order valence-electron chi connectivity index (χ0n) is 18.2. The summed E-state index contributed by atoms with van der Waals surface area (Å²) in [5, 5.41) is 1.04. The SMILES string of the molecule is C=C1C=C(CN(C)C)Oc2c1c(C)c1ccoc1c2OCC[C@@H](C)c1ccccc1. The predicted molar refractivity (Wildman–Crippen MR) is 122 cm³/mol. The molecule has 1 aromatic heterocycles. The van der Waals surface area contributed by atoms with Gasteiger partial charge in [-0.05, 0) is 62.2 Å². The van der Waals surface area contributed by atoms with Gasteiger partial charge in [0.25, 0.3) is 0 Å². The Morgan fingerprint density at radius 3 is 2.63 bits per heavy atom. The zero-order chi connectivity index (χ0) is 21.3. The second-order valence-electron chi connectivity index (χ2n) is 8.25. The molecule has 4 heteroatoms. The molecule has 0 radical (unpaired) electrons. The first kappa shape index (κ1) is 20.3. The van der Waals surface area contributed by atoms with Crippen LogP contribution >= 0.6 is 0 Å². The largest absolute Gasteiger partial charge is 0.486 e. The summed E-state index contributed by atoms with van der Waals surface area (Å²) in [6.45, 7) is 9.86. The average Bonchev–Trinajstić information content (AvgIpc) is 3.20. The van der Waals surface area contributed by atoms with Crippen LogP contribution in [0, 0.1) is 6.92 Å². The molecule has 3 aromatic rings. The standard InChI is InChI=1S/C26H29NO3/c1-17(20-9-7-6-8-10-20)11-13-29-26-24-22(12-14-28-24)19(3)23-18(2)15-21(16-27(4)5)30-25(23)26/h6-10,12,14-15,17H,2,11,13,16H2,1,3-5H3/t17-/m1/s1. The van der Waals surface area contributed by atoms with Crippen molar-refractivity contribution in [2.45, 2.75) is 26.2 Å². The Bertz CT molecular complexity index is 1090. The fourth-order valence-corrected chi connectivity index (χ4v) is 4.02. The van der Waals surface area contributed by atoms with Gasteiger partial charge in [0.05, 0.1) is 19.4 Å². The smallest absolute Gasteiger partial charge is 0.206 e. The summed E-state index contributed by atoms with van der Waals surface area (Å²) in [6.07, 6.45) is 4.62. The average molecular weight is 404 g/mol. The van der Waals surface area contributed by atoms with Crippen LogP contribution in [-0.2, 0) is 0 Å². The van der Waals surface area contributed by atoms with Gasteiger partial charge in [0.2, 0.25) is 5.75 Å².